The highest BCUT2D eigenvalue weighted by Gasteiger charge is 2.22. The summed E-state index contributed by atoms with van der Waals surface area (Å²) in [4.78, 5) is 6.50. The van der Waals surface area contributed by atoms with Gasteiger partial charge in [0.15, 0.2) is 0 Å². The Balaban J connectivity index is 2.86. The fourth-order valence-electron chi connectivity index (χ4n) is 2.65. The number of nitrogens with one attached hydrogen (secondary N) is 1. The number of thioether (sulfide) groups is 2. The van der Waals surface area contributed by atoms with Gasteiger partial charge in [-0.25, -0.2) is 0 Å². The number of hydrogen-bond acceptors (Lipinski definition) is 7. The zero-order chi connectivity index (χ0) is 21.6. The maximum absolute atomic E-state index is 6.32. The van der Waals surface area contributed by atoms with Gasteiger partial charge in [0.05, 0.1) is 16.9 Å². The molecule has 0 radical (unpaired) electrons. The lowest BCUT2D eigenvalue weighted by molar-refractivity contribution is 0.317. The van der Waals surface area contributed by atoms with E-state index in [2.05, 4.69) is 33.8 Å². The molecule has 0 amide bonds. The summed E-state index contributed by atoms with van der Waals surface area (Å²) < 4.78 is 1.79. The van der Waals surface area contributed by atoms with E-state index in [-0.39, 0.29) is 6.17 Å². The standard InChI is InChI=1S/C20H35N7S2/c1-6-8-9-18(22)29-13-11-24-19(16-14-25-26(4)15-16)27(5)20(23-3)17(21)10-12-28-7-2/h6,9-10,14-15,19,24H,1,7-8,11-13,21-22H2,2-5H3/b17-10-,18-9-,23-20?. The molecule has 0 saturated heterocycles. The van der Waals surface area contributed by atoms with Crippen molar-refractivity contribution in [2.75, 3.05) is 37.9 Å². The van der Waals surface area contributed by atoms with Gasteiger partial charge in [0.25, 0.3) is 0 Å². The molecule has 1 heterocycles. The Morgan fingerprint density at radius 2 is 2.21 bits per heavy atom. The zero-order valence-corrected chi connectivity index (χ0v) is 19.6. The Morgan fingerprint density at radius 1 is 1.45 bits per heavy atom. The molecule has 9 heteroatoms. The molecule has 0 aliphatic carbocycles. The van der Waals surface area contributed by atoms with Crippen molar-refractivity contribution in [3.63, 3.8) is 0 Å². The van der Waals surface area contributed by atoms with Crippen LogP contribution in [0.4, 0.5) is 0 Å². The van der Waals surface area contributed by atoms with Gasteiger partial charge < -0.3 is 16.4 Å². The molecule has 0 fully saturated rings. The Bertz CT molecular complexity index is 709. The van der Waals surface area contributed by atoms with Crippen molar-refractivity contribution >= 4 is 29.4 Å². The lowest BCUT2D eigenvalue weighted by Gasteiger charge is -2.31. The third kappa shape index (κ3) is 9.01. The first kappa shape index (κ1) is 25.2. The highest BCUT2D eigenvalue weighted by atomic mass is 32.2. The minimum Gasteiger partial charge on any atom is -0.396 e. The van der Waals surface area contributed by atoms with Crippen LogP contribution in [0.1, 0.15) is 25.1 Å². The fraction of sp³-hybridized carbons (Fsp3) is 0.500. The summed E-state index contributed by atoms with van der Waals surface area (Å²) in [7, 11) is 5.67. The van der Waals surface area contributed by atoms with Gasteiger partial charge in [0, 0.05) is 51.0 Å². The second-order valence-electron chi connectivity index (χ2n) is 6.26. The normalized spacial score (nSPS) is 14.1. The topological polar surface area (TPSA) is 97.5 Å². The maximum Gasteiger partial charge on any atom is 0.147 e. The number of amidine groups is 1. The summed E-state index contributed by atoms with van der Waals surface area (Å²) in [6.07, 6.45) is 10.4. The van der Waals surface area contributed by atoms with Crippen molar-refractivity contribution in [1.29, 1.82) is 0 Å². The first-order chi connectivity index (χ1) is 13.9. The Kier molecular flexibility index (Phi) is 12.3. The number of rotatable bonds is 13. The summed E-state index contributed by atoms with van der Waals surface area (Å²) in [6.45, 7) is 6.61. The number of nitrogens with zero attached hydrogens (tertiary/aromatic N) is 4. The van der Waals surface area contributed by atoms with Crippen LogP contribution in [0, 0.1) is 0 Å². The predicted octanol–water partition coefficient (Wildman–Crippen LogP) is 2.67. The van der Waals surface area contributed by atoms with E-state index >= 15 is 0 Å². The van der Waals surface area contributed by atoms with Crippen LogP contribution >= 0.6 is 23.5 Å². The molecule has 7 nitrogen and oxygen atoms in total. The van der Waals surface area contributed by atoms with Crippen LogP contribution in [0.3, 0.4) is 0 Å². The number of aliphatic imine (C=N–C) groups is 1. The lowest BCUT2D eigenvalue weighted by Crippen LogP contribution is -2.42. The molecule has 5 N–H and O–H groups in total. The SMILES string of the molecule is C=CC/C=C(/N)SCCNC(c1cnn(C)c1)N(C)C(=NC)/C(N)=C/CSCC. The van der Waals surface area contributed by atoms with Crippen molar-refractivity contribution in [2.45, 2.75) is 19.5 Å². The van der Waals surface area contributed by atoms with E-state index in [1.54, 1.807) is 23.5 Å². The molecular weight excluding hydrogens is 402 g/mol. The number of aryl methyl sites for hydroxylation is 1. The van der Waals surface area contributed by atoms with Crippen LogP contribution in [-0.4, -0.2) is 58.4 Å². The molecule has 0 aliphatic rings. The van der Waals surface area contributed by atoms with Crippen LogP contribution < -0.4 is 16.8 Å². The Morgan fingerprint density at radius 3 is 2.79 bits per heavy atom. The van der Waals surface area contributed by atoms with Gasteiger partial charge >= 0.3 is 0 Å². The van der Waals surface area contributed by atoms with Gasteiger partial charge in [0.1, 0.15) is 12.0 Å². The quantitative estimate of drug-likeness (QED) is 0.143. The van der Waals surface area contributed by atoms with Crippen molar-refractivity contribution < 1.29 is 0 Å². The summed E-state index contributed by atoms with van der Waals surface area (Å²) in [5.41, 5.74) is 14.0. The zero-order valence-electron chi connectivity index (χ0n) is 18.0. The molecule has 1 rings (SSSR count). The average Bonchev–Trinajstić information content (AvgIpc) is 3.12. The summed E-state index contributed by atoms with van der Waals surface area (Å²) in [5, 5.41) is 8.71. The van der Waals surface area contributed by atoms with Crippen LogP contribution in [0.5, 0.6) is 0 Å². The van der Waals surface area contributed by atoms with Gasteiger partial charge in [-0.2, -0.15) is 16.9 Å². The van der Waals surface area contributed by atoms with Gasteiger partial charge in [-0.15, -0.1) is 18.3 Å². The molecule has 0 bridgehead atoms. The van der Waals surface area contributed by atoms with Gasteiger partial charge in [0.2, 0.25) is 0 Å². The van der Waals surface area contributed by atoms with Crippen LogP contribution in [0.25, 0.3) is 0 Å². The van der Waals surface area contributed by atoms with E-state index < -0.39 is 0 Å². The monoisotopic (exact) mass is 437 g/mol. The van der Waals surface area contributed by atoms with E-state index in [9.17, 15) is 0 Å². The Labute approximate surface area is 183 Å². The van der Waals surface area contributed by atoms with Crippen LogP contribution in [-0.2, 0) is 7.05 Å². The average molecular weight is 438 g/mol. The molecule has 1 aromatic heterocycles. The van der Waals surface area contributed by atoms with Gasteiger partial charge in [-0.05, 0) is 18.2 Å². The number of aromatic nitrogens is 2. The third-order valence-electron chi connectivity index (χ3n) is 4.05. The Hall–Kier alpha value is -1.84. The molecule has 1 aromatic rings. The second kappa shape index (κ2) is 14.2. The van der Waals surface area contributed by atoms with E-state index in [1.165, 1.54) is 0 Å². The molecular formula is C20H35N7S2. The summed E-state index contributed by atoms with van der Waals surface area (Å²) in [6, 6.07) is 0. The number of nitrogens with two attached hydrogens (primary N) is 2. The molecule has 1 unspecified atom stereocenters. The highest BCUT2D eigenvalue weighted by Crippen LogP contribution is 2.19. The molecule has 162 valence electrons. The van der Waals surface area contributed by atoms with E-state index in [0.717, 1.165) is 46.7 Å². The molecule has 1 atom stereocenters. The van der Waals surface area contributed by atoms with E-state index in [1.807, 2.05) is 56.5 Å². The first-order valence-electron chi connectivity index (χ1n) is 9.59. The molecule has 0 aromatic carbocycles. The number of hydrogen-bond donors (Lipinski definition) is 3. The van der Waals surface area contributed by atoms with Crippen LogP contribution in [0.15, 0.2) is 52.9 Å². The molecule has 0 spiro atoms. The fourth-order valence-corrected chi connectivity index (χ4v) is 3.86. The second-order valence-corrected chi connectivity index (χ2v) is 8.75. The maximum atomic E-state index is 6.32. The van der Waals surface area contributed by atoms with Gasteiger partial charge in [-0.1, -0.05) is 19.1 Å². The minimum absolute atomic E-state index is 0.104. The number of likely N-dealkylation sites (N-methyl/N-ethyl adjacent to an activating group) is 1. The highest BCUT2D eigenvalue weighted by molar-refractivity contribution is 8.03. The third-order valence-corrected chi connectivity index (χ3v) is 5.77. The summed E-state index contributed by atoms with van der Waals surface area (Å²) in [5.74, 6) is 3.52. The predicted molar refractivity (Wildman–Crippen MR) is 130 cm³/mol. The smallest absolute Gasteiger partial charge is 0.147 e. The molecule has 0 aliphatic heterocycles. The van der Waals surface area contributed by atoms with Crippen molar-refractivity contribution in [1.82, 2.24) is 20.0 Å². The molecule has 0 saturated carbocycles. The lowest BCUT2D eigenvalue weighted by atomic mass is 10.2. The molecule has 29 heavy (non-hydrogen) atoms. The van der Waals surface area contributed by atoms with Crippen molar-refractivity contribution in [3.8, 4) is 0 Å². The first-order valence-corrected chi connectivity index (χ1v) is 11.7. The van der Waals surface area contributed by atoms with E-state index in [0.29, 0.717) is 5.70 Å². The number of allylic oxidation sites excluding steroid dienone is 2. The van der Waals surface area contributed by atoms with Gasteiger partial charge in [-0.3, -0.25) is 15.0 Å². The van der Waals surface area contributed by atoms with Crippen LogP contribution in [0.2, 0.25) is 0 Å². The van der Waals surface area contributed by atoms with Crippen molar-refractivity contribution in [3.05, 3.63) is 53.5 Å². The summed E-state index contributed by atoms with van der Waals surface area (Å²) >= 11 is 3.45. The van der Waals surface area contributed by atoms with Crippen molar-refractivity contribution in [2.24, 2.45) is 23.5 Å². The largest absolute Gasteiger partial charge is 0.396 e. The van der Waals surface area contributed by atoms with E-state index in [4.69, 9.17) is 11.5 Å². The minimum atomic E-state index is -0.104.